The molecule has 3 N–H and O–H groups in total. The fourth-order valence-electron chi connectivity index (χ4n) is 2.63. The van der Waals surface area contributed by atoms with Gasteiger partial charge in [0, 0.05) is 23.2 Å². The van der Waals surface area contributed by atoms with E-state index in [1.165, 1.54) is 5.56 Å². The maximum atomic E-state index is 11.4. The lowest BCUT2D eigenvalue weighted by atomic mass is 9.94. The monoisotopic (exact) mass is 300 g/mol. The van der Waals surface area contributed by atoms with Gasteiger partial charge in [0.05, 0.1) is 0 Å². The Morgan fingerprint density at radius 2 is 1.90 bits per heavy atom. The molecule has 1 heterocycles. The standard InChI is InChI=1S/C17H17ClN2O/c18-14-5-1-11(2-6-14)9-15(19)12-3-7-16-13(10-12)4-8-17(21)20-16/h1-3,5-7,10,15H,4,8-9,19H2,(H,20,21). The van der Waals surface area contributed by atoms with Crippen LogP contribution in [0, 0.1) is 0 Å². The van der Waals surface area contributed by atoms with Crippen molar-refractivity contribution in [3.8, 4) is 0 Å². The Morgan fingerprint density at radius 1 is 1.14 bits per heavy atom. The summed E-state index contributed by atoms with van der Waals surface area (Å²) in [5.74, 6) is 0.0840. The number of benzene rings is 2. The molecule has 108 valence electrons. The van der Waals surface area contributed by atoms with E-state index in [1.807, 2.05) is 36.4 Å². The molecule has 0 bridgehead atoms. The van der Waals surface area contributed by atoms with Gasteiger partial charge < -0.3 is 11.1 Å². The molecular formula is C17H17ClN2O. The second-order valence-electron chi connectivity index (χ2n) is 5.40. The highest BCUT2D eigenvalue weighted by molar-refractivity contribution is 6.30. The van der Waals surface area contributed by atoms with Gasteiger partial charge in [-0.15, -0.1) is 0 Å². The van der Waals surface area contributed by atoms with Crippen molar-refractivity contribution in [1.82, 2.24) is 0 Å². The Morgan fingerprint density at radius 3 is 2.67 bits per heavy atom. The van der Waals surface area contributed by atoms with E-state index < -0.39 is 0 Å². The first kappa shape index (κ1) is 14.1. The predicted molar refractivity (Wildman–Crippen MR) is 85.5 cm³/mol. The van der Waals surface area contributed by atoms with Gasteiger partial charge in [0.1, 0.15) is 0 Å². The zero-order valence-corrected chi connectivity index (χ0v) is 12.4. The van der Waals surface area contributed by atoms with Crippen molar-refractivity contribution in [2.75, 3.05) is 5.32 Å². The van der Waals surface area contributed by atoms with Gasteiger partial charge in [-0.3, -0.25) is 4.79 Å². The number of aryl methyl sites for hydroxylation is 1. The quantitative estimate of drug-likeness (QED) is 0.912. The molecule has 0 aliphatic carbocycles. The van der Waals surface area contributed by atoms with Gasteiger partial charge in [-0.1, -0.05) is 35.9 Å². The lowest BCUT2D eigenvalue weighted by molar-refractivity contribution is -0.116. The molecule has 3 nitrogen and oxygen atoms in total. The Bertz CT molecular complexity index is 667. The number of hydrogen-bond donors (Lipinski definition) is 2. The highest BCUT2D eigenvalue weighted by Gasteiger charge is 2.16. The number of amides is 1. The minimum atomic E-state index is -0.0610. The van der Waals surface area contributed by atoms with Crippen LogP contribution in [0.1, 0.15) is 29.2 Å². The molecule has 21 heavy (non-hydrogen) atoms. The lowest BCUT2D eigenvalue weighted by Crippen LogP contribution is -2.20. The molecule has 0 saturated heterocycles. The number of carbonyl (C=O) groups is 1. The summed E-state index contributed by atoms with van der Waals surface area (Å²) in [5, 5.41) is 3.62. The van der Waals surface area contributed by atoms with E-state index in [2.05, 4.69) is 11.4 Å². The van der Waals surface area contributed by atoms with Crippen molar-refractivity contribution in [3.63, 3.8) is 0 Å². The number of nitrogens with two attached hydrogens (primary N) is 1. The maximum absolute atomic E-state index is 11.4. The van der Waals surface area contributed by atoms with Crippen molar-refractivity contribution >= 4 is 23.2 Å². The Hall–Kier alpha value is -1.84. The van der Waals surface area contributed by atoms with Gasteiger partial charge in [0.15, 0.2) is 0 Å². The van der Waals surface area contributed by atoms with Crippen LogP contribution >= 0.6 is 11.6 Å². The Labute approximate surface area is 129 Å². The summed E-state index contributed by atoms with van der Waals surface area (Å²) in [5.41, 5.74) is 10.6. The van der Waals surface area contributed by atoms with Crippen LogP contribution in [0.25, 0.3) is 0 Å². The van der Waals surface area contributed by atoms with Crippen molar-refractivity contribution < 1.29 is 4.79 Å². The van der Waals surface area contributed by atoms with Crippen molar-refractivity contribution in [2.45, 2.75) is 25.3 Å². The van der Waals surface area contributed by atoms with E-state index in [0.29, 0.717) is 6.42 Å². The van der Waals surface area contributed by atoms with Gasteiger partial charge in [-0.05, 0) is 47.7 Å². The van der Waals surface area contributed by atoms with Crippen molar-refractivity contribution in [3.05, 3.63) is 64.2 Å². The number of rotatable bonds is 3. The van der Waals surface area contributed by atoms with Crippen LogP contribution in [-0.2, 0) is 17.6 Å². The van der Waals surface area contributed by atoms with Crippen LogP contribution in [0.5, 0.6) is 0 Å². The van der Waals surface area contributed by atoms with Crippen LogP contribution in [0.4, 0.5) is 5.69 Å². The van der Waals surface area contributed by atoms with Gasteiger partial charge in [-0.25, -0.2) is 0 Å². The second-order valence-corrected chi connectivity index (χ2v) is 5.84. The fourth-order valence-corrected chi connectivity index (χ4v) is 2.75. The average molecular weight is 301 g/mol. The predicted octanol–water partition coefficient (Wildman–Crippen LogP) is 3.47. The molecule has 0 aromatic heterocycles. The number of nitrogens with one attached hydrogen (secondary N) is 1. The minimum Gasteiger partial charge on any atom is -0.326 e. The molecule has 0 fully saturated rings. The van der Waals surface area contributed by atoms with Crippen LogP contribution in [0.15, 0.2) is 42.5 Å². The zero-order valence-electron chi connectivity index (χ0n) is 11.6. The molecule has 1 aliphatic heterocycles. The third-order valence-electron chi connectivity index (χ3n) is 3.82. The first-order valence-electron chi connectivity index (χ1n) is 7.04. The number of fused-ring (bicyclic) bond motifs is 1. The first-order valence-corrected chi connectivity index (χ1v) is 7.42. The molecule has 2 aromatic carbocycles. The zero-order chi connectivity index (χ0) is 14.8. The van der Waals surface area contributed by atoms with Gasteiger partial charge >= 0.3 is 0 Å². The highest BCUT2D eigenvalue weighted by atomic mass is 35.5. The van der Waals surface area contributed by atoms with Crippen LogP contribution in [-0.4, -0.2) is 5.91 Å². The van der Waals surface area contributed by atoms with E-state index in [1.54, 1.807) is 0 Å². The van der Waals surface area contributed by atoms with E-state index in [4.69, 9.17) is 17.3 Å². The van der Waals surface area contributed by atoms with Crippen LogP contribution in [0.3, 0.4) is 0 Å². The minimum absolute atomic E-state index is 0.0610. The number of halogens is 1. The number of anilines is 1. The highest BCUT2D eigenvalue weighted by Crippen LogP contribution is 2.26. The molecule has 4 heteroatoms. The second kappa shape index (κ2) is 5.88. The number of carbonyl (C=O) groups excluding carboxylic acids is 1. The molecule has 3 rings (SSSR count). The first-order chi connectivity index (χ1) is 10.1. The average Bonchev–Trinajstić information content (AvgIpc) is 2.49. The van der Waals surface area contributed by atoms with Crippen molar-refractivity contribution in [1.29, 1.82) is 0 Å². The summed E-state index contributed by atoms with van der Waals surface area (Å²) in [7, 11) is 0. The van der Waals surface area contributed by atoms with Gasteiger partial charge in [0.2, 0.25) is 5.91 Å². The third kappa shape index (κ3) is 3.26. The number of hydrogen-bond acceptors (Lipinski definition) is 2. The van der Waals surface area contributed by atoms with Crippen LogP contribution in [0.2, 0.25) is 5.02 Å². The largest absolute Gasteiger partial charge is 0.326 e. The molecule has 1 amide bonds. The SMILES string of the molecule is NC(Cc1ccc(Cl)cc1)c1ccc2c(c1)CCC(=O)N2. The summed E-state index contributed by atoms with van der Waals surface area (Å²) < 4.78 is 0. The molecule has 0 spiro atoms. The summed E-state index contributed by atoms with van der Waals surface area (Å²) >= 11 is 5.89. The lowest BCUT2D eigenvalue weighted by Gasteiger charge is -2.20. The molecule has 1 unspecified atom stereocenters. The van der Waals surface area contributed by atoms with Gasteiger partial charge in [-0.2, -0.15) is 0 Å². The normalized spacial score (nSPS) is 15.2. The fraction of sp³-hybridized carbons (Fsp3) is 0.235. The summed E-state index contributed by atoms with van der Waals surface area (Å²) in [6, 6.07) is 13.7. The molecular weight excluding hydrogens is 284 g/mol. The van der Waals surface area contributed by atoms with E-state index in [-0.39, 0.29) is 11.9 Å². The molecule has 1 aliphatic rings. The Kier molecular flexibility index (Phi) is 3.95. The molecule has 0 radical (unpaired) electrons. The molecule has 1 atom stereocenters. The summed E-state index contributed by atoms with van der Waals surface area (Å²) in [6.07, 6.45) is 2.09. The maximum Gasteiger partial charge on any atom is 0.224 e. The summed E-state index contributed by atoms with van der Waals surface area (Å²) in [4.78, 5) is 11.4. The van der Waals surface area contributed by atoms with Crippen LogP contribution < -0.4 is 11.1 Å². The van der Waals surface area contributed by atoms with E-state index in [0.717, 1.165) is 34.7 Å². The van der Waals surface area contributed by atoms with Crippen molar-refractivity contribution in [2.24, 2.45) is 5.73 Å². The topological polar surface area (TPSA) is 55.1 Å². The smallest absolute Gasteiger partial charge is 0.224 e. The summed E-state index contributed by atoms with van der Waals surface area (Å²) in [6.45, 7) is 0. The van der Waals surface area contributed by atoms with E-state index in [9.17, 15) is 4.79 Å². The molecule has 0 saturated carbocycles. The van der Waals surface area contributed by atoms with E-state index >= 15 is 0 Å². The Balaban J connectivity index is 1.77. The third-order valence-corrected chi connectivity index (χ3v) is 4.07. The molecule has 2 aromatic rings. The van der Waals surface area contributed by atoms with Gasteiger partial charge in [0.25, 0.3) is 0 Å².